The van der Waals surface area contributed by atoms with Crippen LogP contribution in [0.25, 0.3) is 0 Å². The number of rotatable bonds is 7. The highest BCUT2D eigenvalue weighted by Crippen LogP contribution is 2.18. The van der Waals surface area contributed by atoms with Crippen LogP contribution >= 0.6 is 0 Å². The Labute approximate surface area is 112 Å². The highest BCUT2D eigenvalue weighted by molar-refractivity contribution is 7.89. The minimum absolute atomic E-state index is 0.0711. The van der Waals surface area contributed by atoms with E-state index in [9.17, 15) is 8.42 Å². The summed E-state index contributed by atoms with van der Waals surface area (Å²) in [6.07, 6.45) is 3.87. The fourth-order valence-electron chi connectivity index (χ4n) is 2.41. The van der Waals surface area contributed by atoms with E-state index >= 15 is 0 Å². The Balaban J connectivity index is 2.63. The van der Waals surface area contributed by atoms with Crippen molar-refractivity contribution in [3.05, 3.63) is 0 Å². The van der Waals surface area contributed by atoms with Crippen LogP contribution in [0.15, 0.2) is 0 Å². The van der Waals surface area contributed by atoms with Crippen LogP contribution in [0.5, 0.6) is 0 Å². The van der Waals surface area contributed by atoms with E-state index in [1.54, 1.807) is 4.31 Å². The summed E-state index contributed by atoms with van der Waals surface area (Å²) in [5.74, 6) is 0.817. The summed E-state index contributed by atoms with van der Waals surface area (Å²) in [4.78, 5) is 0. The number of piperidine rings is 1. The van der Waals surface area contributed by atoms with Gasteiger partial charge in [0.2, 0.25) is 10.0 Å². The van der Waals surface area contributed by atoms with Gasteiger partial charge in [-0.25, -0.2) is 8.42 Å². The first-order valence-electron chi connectivity index (χ1n) is 7.17. The van der Waals surface area contributed by atoms with Crippen LogP contribution in [-0.4, -0.2) is 44.2 Å². The molecule has 0 unspecified atom stereocenters. The second-order valence-electron chi connectivity index (χ2n) is 5.53. The van der Waals surface area contributed by atoms with Gasteiger partial charge in [-0.1, -0.05) is 13.3 Å². The van der Waals surface area contributed by atoms with Crippen LogP contribution in [-0.2, 0) is 10.0 Å². The van der Waals surface area contributed by atoms with Gasteiger partial charge in [-0.2, -0.15) is 4.31 Å². The lowest BCUT2D eigenvalue weighted by atomic mass is 9.98. The van der Waals surface area contributed by atoms with Gasteiger partial charge in [0.1, 0.15) is 0 Å². The maximum Gasteiger partial charge on any atom is 0.214 e. The Hall–Kier alpha value is -0.130. The molecule has 0 spiro atoms. The van der Waals surface area contributed by atoms with Gasteiger partial charge in [-0.05, 0) is 52.1 Å². The van der Waals surface area contributed by atoms with Gasteiger partial charge in [0.25, 0.3) is 0 Å². The maximum atomic E-state index is 12.3. The Morgan fingerprint density at radius 3 is 2.39 bits per heavy atom. The molecule has 1 aliphatic heterocycles. The van der Waals surface area contributed by atoms with Gasteiger partial charge in [0, 0.05) is 12.6 Å². The highest BCUT2D eigenvalue weighted by atomic mass is 32.2. The first-order chi connectivity index (χ1) is 8.47. The molecule has 1 heterocycles. The van der Waals surface area contributed by atoms with Crippen molar-refractivity contribution < 1.29 is 8.42 Å². The topological polar surface area (TPSA) is 49.4 Å². The van der Waals surface area contributed by atoms with Gasteiger partial charge >= 0.3 is 0 Å². The third kappa shape index (κ3) is 4.86. The fourth-order valence-corrected chi connectivity index (χ4v) is 4.38. The summed E-state index contributed by atoms with van der Waals surface area (Å²) in [7, 11) is -3.07. The lowest BCUT2D eigenvalue weighted by molar-refractivity contribution is 0.260. The van der Waals surface area contributed by atoms with E-state index in [0.717, 1.165) is 38.8 Å². The summed E-state index contributed by atoms with van der Waals surface area (Å²) < 4.78 is 26.4. The van der Waals surface area contributed by atoms with E-state index < -0.39 is 10.0 Å². The van der Waals surface area contributed by atoms with Gasteiger partial charge in [-0.3, -0.25) is 0 Å². The average Bonchev–Trinajstić information content (AvgIpc) is 2.34. The molecular formula is C13H28N2O2S. The van der Waals surface area contributed by atoms with Crippen LogP contribution in [0.1, 0.15) is 46.5 Å². The molecule has 1 saturated heterocycles. The molecule has 0 atom stereocenters. The number of hydrogen-bond acceptors (Lipinski definition) is 3. The molecule has 1 fully saturated rings. The molecular weight excluding hydrogens is 248 g/mol. The van der Waals surface area contributed by atoms with E-state index in [1.165, 1.54) is 0 Å². The highest BCUT2D eigenvalue weighted by Gasteiger charge is 2.27. The zero-order valence-corrected chi connectivity index (χ0v) is 12.8. The molecule has 0 aromatic rings. The molecule has 18 heavy (non-hydrogen) atoms. The molecule has 1 aliphatic rings. The normalized spacial score (nSPS) is 18.7. The van der Waals surface area contributed by atoms with E-state index in [0.29, 0.717) is 18.2 Å². The third-order valence-corrected chi connectivity index (χ3v) is 5.68. The zero-order valence-electron chi connectivity index (χ0n) is 12.0. The van der Waals surface area contributed by atoms with Crippen molar-refractivity contribution in [3.8, 4) is 0 Å². The molecule has 0 radical (unpaired) electrons. The fraction of sp³-hybridized carbons (Fsp3) is 1.00. The first-order valence-corrected chi connectivity index (χ1v) is 8.78. The molecule has 1 rings (SSSR count). The molecule has 108 valence electrons. The van der Waals surface area contributed by atoms with Gasteiger partial charge in [-0.15, -0.1) is 0 Å². The lowest BCUT2D eigenvalue weighted by Crippen LogP contribution is -2.43. The summed E-state index contributed by atoms with van der Waals surface area (Å²) in [5.41, 5.74) is 0. The van der Waals surface area contributed by atoms with E-state index in [-0.39, 0.29) is 6.04 Å². The molecule has 5 heteroatoms. The van der Waals surface area contributed by atoms with Crippen LogP contribution in [0, 0.1) is 5.92 Å². The summed E-state index contributed by atoms with van der Waals surface area (Å²) in [5, 5.41) is 3.32. The van der Waals surface area contributed by atoms with Crippen molar-refractivity contribution in [2.45, 2.75) is 52.5 Å². The number of nitrogens with zero attached hydrogens (tertiary/aromatic N) is 1. The molecule has 0 amide bonds. The van der Waals surface area contributed by atoms with Gasteiger partial charge in [0.15, 0.2) is 0 Å². The number of hydrogen-bond donors (Lipinski definition) is 1. The number of sulfonamides is 1. The van der Waals surface area contributed by atoms with Crippen LogP contribution in [0.4, 0.5) is 0 Å². The Morgan fingerprint density at radius 1 is 1.28 bits per heavy atom. The van der Waals surface area contributed by atoms with E-state index in [4.69, 9.17) is 0 Å². The third-order valence-electron chi connectivity index (χ3n) is 3.59. The Bertz CT molecular complexity index is 322. The quantitative estimate of drug-likeness (QED) is 0.772. The van der Waals surface area contributed by atoms with E-state index in [1.807, 2.05) is 20.8 Å². The van der Waals surface area contributed by atoms with Crippen molar-refractivity contribution in [2.24, 2.45) is 5.92 Å². The van der Waals surface area contributed by atoms with E-state index in [2.05, 4.69) is 5.32 Å². The average molecular weight is 276 g/mol. The smallest absolute Gasteiger partial charge is 0.214 e. The number of unbranched alkanes of at least 4 members (excludes halogenated alkanes) is 1. The van der Waals surface area contributed by atoms with Crippen LogP contribution in [0.3, 0.4) is 0 Å². The SMILES string of the molecule is CCCCS(=O)(=O)N(CC1CCNCC1)C(C)C. The Morgan fingerprint density at radius 2 is 1.89 bits per heavy atom. The second kappa shape index (κ2) is 7.46. The molecule has 0 saturated carbocycles. The zero-order chi connectivity index (χ0) is 13.6. The van der Waals surface area contributed by atoms with Gasteiger partial charge < -0.3 is 5.32 Å². The largest absolute Gasteiger partial charge is 0.317 e. The minimum atomic E-state index is -3.07. The lowest BCUT2D eigenvalue weighted by Gasteiger charge is -2.32. The van der Waals surface area contributed by atoms with Crippen molar-refractivity contribution in [1.82, 2.24) is 9.62 Å². The van der Waals surface area contributed by atoms with Crippen LogP contribution < -0.4 is 5.32 Å². The molecule has 4 nitrogen and oxygen atoms in total. The Kier molecular flexibility index (Phi) is 6.60. The molecule has 0 bridgehead atoms. The van der Waals surface area contributed by atoms with Crippen LogP contribution in [0.2, 0.25) is 0 Å². The summed E-state index contributed by atoms with van der Waals surface area (Å²) >= 11 is 0. The molecule has 0 aromatic heterocycles. The monoisotopic (exact) mass is 276 g/mol. The minimum Gasteiger partial charge on any atom is -0.317 e. The standard InChI is InChI=1S/C13H28N2O2S/c1-4-5-10-18(16,17)15(12(2)3)11-13-6-8-14-9-7-13/h12-14H,4-11H2,1-3H3. The van der Waals surface area contributed by atoms with Gasteiger partial charge in [0.05, 0.1) is 5.75 Å². The number of nitrogens with one attached hydrogen (secondary N) is 1. The molecule has 1 N–H and O–H groups in total. The first kappa shape index (κ1) is 15.9. The van der Waals surface area contributed by atoms with Crippen molar-refractivity contribution in [2.75, 3.05) is 25.4 Å². The molecule has 0 aromatic carbocycles. The summed E-state index contributed by atoms with van der Waals surface area (Å²) in [6, 6.07) is 0.0711. The van der Waals surface area contributed by atoms with Crippen molar-refractivity contribution in [1.29, 1.82) is 0 Å². The molecule has 0 aliphatic carbocycles. The van der Waals surface area contributed by atoms with Crippen molar-refractivity contribution >= 4 is 10.0 Å². The van der Waals surface area contributed by atoms with Crippen molar-refractivity contribution in [3.63, 3.8) is 0 Å². The summed E-state index contributed by atoms with van der Waals surface area (Å²) in [6.45, 7) is 8.72. The predicted molar refractivity (Wildman–Crippen MR) is 76.1 cm³/mol. The predicted octanol–water partition coefficient (Wildman–Crippen LogP) is 1.83. The second-order valence-corrected chi connectivity index (χ2v) is 7.57. The maximum absolute atomic E-state index is 12.3.